The quantitative estimate of drug-likeness (QED) is 0.693. The number of carbonyl (C=O) groups excluding carboxylic acids is 1. The molecule has 3 rings (SSSR count). The lowest BCUT2D eigenvalue weighted by Gasteiger charge is -2.32. The monoisotopic (exact) mass is 388 g/mol. The lowest BCUT2D eigenvalue weighted by Crippen LogP contribution is -2.39. The number of aromatic nitrogens is 1. The van der Waals surface area contributed by atoms with E-state index in [1.165, 1.54) is 0 Å². The van der Waals surface area contributed by atoms with Crippen molar-refractivity contribution in [3.63, 3.8) is 0 Å². The number of piperidine rings is 1. The third kappa shape index (κ3) is 5.16. The second kappa shape index (κ2) is 9.28. The summed E-state index contributed by atoms with van der Waals surface area (Å²) >= 11 is 0. The largest absolute Gasteiger partial charge is 0.497 e. The van der Waals surface area contributed by atoms with Crippen LogP contribution in [0.1, 0.15) is 25.7 Å². The van der Waals surface area contributed by atoms with E-state index in [2.05, 4.69) is 28.9 Å². The van der Waals surface area contributed by atoms with Crippen molar-refractivity contribution in [2.24, 2.45) is 5.92 Å². The van der Waals surface area contributed by atoms with Crippen LogP contribution in [0, 0.1) is 5.92 Å². The molecule has 0 spiro atoms. The summed E-state index contributed by atoms with van der Waals surface area (Å²) in [5, 5.41) is 0. The molecule has 7 nitrogen and oxygen atoms in total. The number of benzene rings is 1. The highest BCUT2D eigenvalue weighted by molar-refractivity contribution is 5.77. The van der Waals surface area contributed by atoms with Gasteiger partial charge in [0, 0.05) is 39.2 Å². The summed E-state index contributed by atoms with van der Waals surface area (Å²) in [5.41, 5.74) is 1.56. The van der Waals surface area contributed by atoms with E-state index in [4.69, 9.17) is 9.15 Å². The van der Waals surface area contributed by atoms with Crippen LogP contribution in [-0.4, -0.2) is 75.1 Å². The van der Waals surface area contributed by atoms with E-state index >= 15 is 0 Å². The Bertz CT molecular complexity index is 789. The molecule has 2 heterocycles. The van der Waals surface area contributed by atoms with Gasteiger partial charge >= 0.3 is 0 Å². The topological polar surface area (TPSA) is 62.1 Å². The minimum Gasteiger partial charge on any atom is -0.497 e. The molecule has 0 bridgehead atoms. The predicted molar refractivity (Wildman–Crippen MR) is 111 cm³/mol. The number of anilines is 1. The number of rotatable bonds is 8. The van der Waals surface area contributed by atoms with E-state index in [0.29, 0.717) is 18.4 Å². The van der Waals surface area contributed by atoms with E-state index in [0.717, 1.165) is 62.3 Å². The molecule has 1 saturated heterocycles. The van der Waals surface area contributed by atoms with Gasteiger partial charge in [0.1, 0.15) is 11.3 Å². The Morgan fingerprint density at radius 2 is 2.14 bits per heavy atom. The maximum absolute atomic E-state index is 12.6. The molecule has 1 aromatic heterocycles. The summed E-state index contributed by atoms with van der Waals surface area (Å²) in [6.07, 6.45) is 3.70. The Kier molecular flexibility index (Phi) is 6.78. The fourth-order valence-corrected chi connectivity index (χ4v) is 3.71. The molecular weight excluding hydrogens is 356 g/mol. The fraction of sp³-hybridized carbons (Fsp3) is 0.619. The highest BCUT2D eigenvalue weighted by atomic mass is 16.5. The Labute approximate surface area is 167 Å². The van der Waals surface area contributed by atoms with Crippen molar-refractivity contribution in [1.29, 1.82) is 0 Å². The second-order valence-electron chi connectivity index (χ2n) is 7.96. The number of oxazole rings is 1. The molecular formula is C21H32N4O3. The number of amides is 1. The van der Waals surface area contributed by atoms with Crippen LogP contribution in [0.2, 0.25) is 0 Å². The maximum atomic E-state index is 12.6. The molecule has 1 atom stereocenters. The van der Waals surface area contributed by atoms with Gasteiger partial charge < -0.3 is 23.9 Å². The van der Waals surface area contributed by atoms with Crippen molar-refractivity contribution in [3.05, 3.63) is 18.2 Å². The van der Waals surface area contributed by atoms with E-state index in [1.807, 2.05) is 30.1 Å². The normalized spacial score (nSPS) is 17.3. The van der Waals surface area contributed by atoms with Crippen molar-refractivity contribution in [1.82, 2.24) is 14.8 Å². The van der Waals surface area contributed by atoms with Crippen molar-refractivity contribution in [2.75, 3.05) is 59.3 Å². The van der Waals surface area contributed by atoms with Gasteiger partial charge in [0.15, 0.2) is 5.58 Å². The summed E-state index contributed by atoms with van der Waals surface area (Å²) in [6.45, 7) is 3.52. The van der Waals surface area contributed by atoms with Gasteiger partial charge in [0.05, 0.1) is 7.11 Å². The Balaban J connectivity index is 1.57. The van der Waals surface area contributed by atoms with Gasteiger partial charge in [-0.05, 0) is 58.0 Å². The molecule has 0 aliphatic carbocycles. The van der Waals surface area contributed by atoms with Crippen LogP contribution in [-0.2, 0) is 4.79 Å². The second-order valence-corrected chi connectivity index (χ2v) is 7.96. The first-order valence-electron chi connectivity index (χ1n) is 10.0. The first-order valence-corrected chi connectivity index (χ1v) is 10.0. The highest BCUT2D eigenvalue weighted by Gasteiger charge is 2.26. The van der Waals surface area contributed by atoms with Gasteiger partial charge in [0.25, 0.3) is 6.01 Å². The molecule has 28 heavy (non-hydrogen) atoms. The van der Waals surface area contributed by atoms with Gasteiger partial charge in [-0.25, -0.2) is 0 Å². The zero-order valence-electron chi connectivity index (χ0n) is 17.5. The number of methoxy groups -OCH3 is 1. The van der Waals surface area contributed by atoms with Crippen molar-refractivity contribution in [2.45, 2.75) is 25.7 Å². The lowest BCUT2D eigenvalue weighted by molar-refractivity contribution is -0.131. The number of ether oxygens (including phenoxy) is 1. The summed E-state index contributed by atoms with van der Waals surface area (Å²) in [6, 6.07) is 6.29. The van der Waals surface area contributed by atoms with Crippen LogP contribution in [0.15, 0.2) is 22.6 Å². The SMILES string of the molecule is COc1ccc2oc(N3CCCC(CC(=O)N(C)CCCN(C)C)C3)nc2c1. The van der Waals surface area contributed by atoms with Crippen LogP contribution >= 0.6 is 0 Å². The molecule has 1 unspecified atom stereocenters. The lowest BCUT2D eigenvalue weighted by atomic mass is 9.94. The van der Waals surface area contributed by atoms with Gasteiger partial charge in [-0.2, -0.15) is 4.98 Å². The average Bonchev–Trinajstić information content (AvgIpc) is 3.11. The summed E-state index contributed by atoms with van der Waals surface area (Å²) < 4.78 is 11.2. The van der Waals surface area contributed by atoms with E-state index < -0.39 is 0 Å². The van der Waals surface area contributed by atoms with E-state index in [1.54, 1.807) is 7.11 Å². The number of fused-ring (bicyclic) bond motifs is 1. The van der Waals surface area contributed by atoms with Gasteiger partial charge in [-0.1, -0.05) is 0 Å². The molecule has 2 aromatic rings. The van der Waals surface area contributed by atoms with Crippen molar-refractivity contribution in [3.8, 4) is 5.75 Å². The number of hydrogen-bond acceptors (Lipinski definition) is 6. The third-order valence-electron chi connectivity index (χ3n) is 5.36. The maximum Gasteiger partial charge on any atom is 0.298 e. The molecule has 0 radical (unpaired) electrons. The number of nitrogens with zero attached hydrogens (tertiary/aromatic N) is 4. The number of hydrogen-bond donors (Lipinski definition) is 0. The van der Waals surface area contributed by atoms with Crippen LogP contribution in [0.4, 0.5) is 6.01 Å². The Hall–Kier alpha value is -2.28. The predicted octanol–water partition coefficient (Wildman–Crippen LogP) is 2.85. The highest BCUT2D eigenvalue weighted by Crippen LogP contribution is 2.29. The minimum atomic E-state index is 0.230. The van der Waals surface area contributed by atoms with E-state index in [-0.39, 0.29) is 5.91 Å². The summed E-state index contributed by atoms with van der Waals surface area (Å²) in [7, 11) is 7.67. The van der Waals surface area contributed by atoms with Gasteiger partial charge in [-0.3, -0.25) is 4.79 Å². The number of carbonyl (C=O) groups is 1. The molecule has 1 fully saturated rings. The first-order chi connectivity index (χ1) is 13.5. The fourth-order valence-electron chi connectivity index (χ4n) is 3.71. The Morgan fingerprint density at radius 3 is 2.89 bits per heavy atom. The minimum absolute atomic E-state index is 0.230. The molecule has 0 N–H and O–H groups in total. The average molecular weight is 389 g/mol. The summed E-state index contributed by atoms with van der Waals surface area (Å²) in [5.74, 6) is 1.33. The Morgan fingerprint density at radius 1 is 1.32 bits per heavy atom. The van der Waals surface area contributed by atoms with Crippen LogP contribution in [0.3, 0.4) is 0 Å². The summed E-state index contributed by atoms with van der Waals surface area (Å²) in [4.78, 5) is 23.4. The molecule has 1 aromatic carbocycles. The third-order valence-corrected chi connectivity index (χ3v) is 5.36. The van der Waals surface area contributed by atoms with Crippen LogP contribution in [0.25, 0.3) is 11.1 Å². The molecule has 1 aliphatic rings. The van der Waals surface area contributed by atoms with Crippen molar-refractivity contribution < 1.29 is 13.9 Å². The zero-order chi connectivity index (χ0) is 20.1. The zero-order valence-corrected chi connectivity index (χ0v) is 17.5. The van der Waals surface area contributed by atoms with Crippen LogP contribution in [0.5, 0.6) is 5.75 Å². The molecule has 1 amide bonds. The molecule has 0 saturated carbocycles. The van der Waals surface area contributed by atoms with Crippen LogP contribution < -0.4 is 9.64 Å². The first kappa shape index (κ1) is 20.5. The van der Waals surface area contributed by atoms with Gasteiger partial charge in [0.2, 0.25) is 5.91 Å². The molecule has 7 heteroatoms. The smallest absolute Gasteiger partial charge is 0.298 e. The van der Waals surface area contributed by atoms with E-state index in [9.17, 15) is 4.79 Å². The standard InChI is InChI=1S/C21H32N4O3/c1-23(2)10-6-11-24(3)20(26)13-16-7-5-12-25(15-16)21-22-18-14-17(27-4)8-9-19(18)28-21/h8-9,14,16H,5-7,10-13,15H2,1-4H3. The molecule has 154 valence electrons. The van der Waals surface area contributed by atoms with Crippen molar-refractivity contribution >= 4 is 23.0 Å². The van der Waals surface area contributed by atoms with Gasteiger partial charge in [-0.15, -0.1) is 0 Å². The molecule has 1 aliphatic heterocycles.